The number of fused-ring (bicyclic) bond motifs is 1. The lowest BCUT2D eigenvalue weighted by Gasteiger charge is -2.28. The number of aryl methyl sites for hydroxylation is 2. The van der Waals surface area contributed by atoms with Crippen molar-refractivity contribution in [1.82, 2.24) is 4.90 Å². The van der Waals surface area contributed by atoms with Gasteiger partial charge in [0.25, 0.3) is 5.91 Å². The van der Waals surface area contributed by atoms with Crippen LogP contribution in [0.15, 0.2) is 57.7 Å². The molecule has 2 heterocycles. The van der Waals surface area contributed by atoms with Gasteiger partial charge in [-0.3, -0.25) is 9.59 Å². The van der Waals surface area contributed by atoms with E-state index >= 15 is 0 Å². The molecule has 0 N–H and O–H groups in total. The summed E-state index contributed by atoms with van der Waals surface area (Å²) in [4.78, 5) is 27.5. The lowest BCUT2D eigenvalue weighted by Crippen LogP contribution is -2.40. The average molecular weight is 426 g/mol. The van der Waals surface area contributed by atoms with Gasteiger partial charge in [0.05, 0.1) is 16.9 Å². The zero-order valence-corrected chi connectivity index (χ0v) is 17.7. The summed E-state index contributed by atoms with van der Waals surface area (Å²) in [6, 6.07) is 13.7. The number of carbonyl (C=O) groups excluding carboxylic acids is 1. The first-order chi connectivity index (χ1) is 14.2. The Labute approximate surface area is 175 Å². The summed E-state index contributed by atoms with van der Waals surface area (Å²) in [5, 5.41) is 0.417. The molecule has 0 unspecified atom stereocenters. The van der Waals surface area contributed by atoms with E-state index in [1.165, 1.54) is 11.0 Å². The first kappa shape index (κ1) is 20.3. The van der Waals surface area contributed by atoms with Gasteiger partial charge in [-0.2, -0.15) is 0 Å². The van der Waals surface area contributed by atoms with Gasteiger partial charge in [0, 0.05) is 18.7 Å². The summed E-state index contributed by atoms with van der Waals surface area (Å²) < 4.78 is 29.9. The molecule has 1 amide bonds. The van der Waals surface area contributed by atoms with E-state index < -0.39 is 21.8 Å². The van der Waals surface area contributed by atoms with Gasteiger partial charge < -0.3 is 9.32 Å². The summed E-state index contributed by atoms with van der Waals surface area (Å²) >= 11 is 0. The predicted molar refractivity (Wildman–Crippen MR) is 115 cm³/mol. The fourth-order valence-electron chi connectivity index (χ4n) is 3.80. The SMILES string of the molecule is Cc1ccc(CN(C(=O)c2cc(=O)c3cc(C)ccc3o2)[C@@H]2CCS(=O)(=O)C2)cc1. The number of benzene rings is 2. The average Bonchev–Trinajstić information content (AvgIpc) is 3.07. The number of amides is 1. The van der Waals surface area contributed by atoms with Gasteiger partial charge in [0.15, 0.2) is 21.0 Å². The number of sulfone groups is 1. The van der Waals surface area contributed by atoms with Crippen molar-refractivity contribution >= 4 is 26.7 Å². The predicted octanol–water partition coefficient (Wildman–Crippen LogP) is 3.24. The molecule has 6 nitrogen and oxygen atoms in total. The van der Waals surface area contributed by atoms with Gasteiger partial charge >= 0.3 is 0 Å². The van der Waals surface area contributed by atoms with Crippen molar-refractivity contribution in [2.45, 2.75) is 32.9 Å². The Morgan fingerprint density at radius 1 is 1.07 bits per heavy atom. The van der Waals surface area contributed by atoms with Crippen LogP contribution in [0.4, 0.5) is 0 Å². The largest absolute Gasteiger partial charge is 0.451 e. The van der Waals surface area contributed by atoms with Crippen molar-refractivity contribution in [1.29, 1.82) is 0 Å². The molecule has 0 spiro atoms. The number of hydrogen-bond acceptors (Lipinski definition) is 5. The molecule has 1 aliphatic rings. The van der Waals surface area contributed by atoms with Crippen LogP contribution in [0.5, 0.6) is 0 Å². The third-order valence-corrected chi connectivity index (χ3v) is 7.23. The van der Waals surface area contributed by atoms with Gasteiger partial charge in [0.1, 0.15) is 5.58 Å². The molecular formula is C23H23NO5S. The molecule has 0 bridgehead atoms. The van der Waals surface area contributed by atoms with Gasteiger partial charge in [-0.1, -0.05) is 41.5 Å². The molecule has 0 aliphatic carbocycles. The second kappa shape index (κ2) is 7.72. The van der Waals surface area contributed by atoms with Crippen LogP contribution >= 0.6 is 0 Å². The molecule has 30 heavy (non-hydrogen) atoms. The van der Waals surface area contributed by atoms with E-state index in [0.717, 1.165) is 16.7 Å². The third-order valence-electron chi connectivity index (χ3n) is 5.48. The Morgan fingerprint density at radius 2 is 1.77 bits per heavy atom. The minimum Gasteiger partial charge on any atom is -0.451 e. The molecule has 1 aliphatic heterocycles. The van der Waals surface area contributed by atoms with Crippen LogP contribution in [-0.2, 0) is 16.4 Å². The topological polar surface area (TPSA) is 84.7 Å². The van der Waals surface area contributed by atoms with Crippen LogP contribution in [0.25, 0.3) is 11.0 Å². The van der Waals surface area contributed by atoms with Crippen LogP contribution in [0.1, 0.15) is 33.7 Å². The molecule has 3 aromatic rings. The van der Waals surface area contributed by atoms with E-state index in [1.807, 2.05) is 44.2 Å². The van der Waals surface area contributed by atoms with Crippen LogP contribution in [0.3, 0.4) is 0 Å². The van der Waals surface area contributed by atoms with Crippen LogP contribution in [0, 0.1) is 13.8 Å². The third kappa shape index (κ3) is 4.16. The van der Waals surface area contributed by atoms with E-state index in [1.54, 1.807) is 12.1 Å². The zero-order valence-electron chi connectivity index (χ0n) is 16.9. The Morgan fingerprint density at radius 3 is 2.43 bits per heavy atom. The quantitative estimate of drug-likeness (QED) is 0.641. The smallest absolute Gasteiger partial charge is 0.290 e. The second-order valence-corrected chi connectivity index (χ2v) is 10.2. The molecule has 1 fully saturated rings. The van der Waals surface area contributed by atoms with Crippen molar-refractivity contribution < 1.29 is 17.6 Å². The number of rotatable bonds is 4. The van der Waals surface area contributed by atoms with Gasteiger partial charge in [-0.15, -0.1) is 0 Å². The lowest BCUT2D eigenvalue weighted by molar-refractivity contribution is 0.0648. The fourth-order valence-corrected chi connectivity index (χ4v) is 5.53. The second-order valence-electron chi connectivity index (χ2n) is 7.95. The summed E-state index contributed by atoms with van der Waals surface area (Å²) in [6.45, 7) is 4.10. The molecule has 0 radical (unpaired) electrons. The van der Waals surface area contributed by atoms with Crippen LogP contribution < -0.4 is 5.43 Å². The van der Waals surface area contributed by atoms with Crippen molar-refractivity contribution in [3.63, 3.8) is 0 Å². The van der Waals surface area contributed by atoms with Gasteiger partial charge in [-0.05, 0) is 38.0 Å². The molecule has 156 valence electrons. The monoisotopic (exact) mass is 425 g/mol. The summed E-state index contributed by atoms with van der Waals surface area (Å²) in [5.74, 6) is -0.581. The Bertz CT molecular complexity index is 1280. The maximum atomic E-state index is 13.4. The van der Waals surface area contributed by atoms with E-state index in [4.69, 9.17) is 4.42 Å². The maximum Gasteiger partial charge on any atom is 0.290 e. The normalized spacial score (nSPS) is 17.9. The molecular weight excluding hydrogens is 402 g/mol. The molecule has 1 atom stereocenters. The van der Waals surface area contributed by atoms with Crippen molar-refractivity contribution in [3.8, 4) is 0 Å². The zero-order chi connectivity index (χ0) is 21.5. The highest BCUT2D eigenvalue weighted by atomic mass is 32.2. The molecule has 2 aromatic carbocycles. The standard InChI is InChI=1S/C23H23NO5S/c1-15-3-6-17(7-4-15)13-24(18-9-10-30(27,28)14-18)23(26)22-12-20(25)19-11-16(2)5-8-21(19)29-22/h3-8,11-12,18H,9-10,13-14H2,1-2H3/t18-/m1/s1. The maximum absolute atomic E-state index is 13.4. The summed E-state index contributed by atoms with van der Waals surface area (Å²) in [5.41, 5.74) is 2.95. The van der Waals surface area contributed by atoms with Gasteiger partial charge in [0.2, 0.25) is 0 Å². The minimum absolute atomic E-state index is 0.0519. The van der Waals surface area contributed by atoms with Crippen LogP contribution in [0.2, 0.25) is 0 Å². The van der Waals surface area contributed by atoms with E-state index in [0.29, 0.717) is 17.4 Å². The van der Waals surface area contributed by atoms with Crippen molar-refractivity contribution in [3.05, 3.63) is 81.2 Å². The summed E-state index contributed by atoms with van der Waals surface area (Å²) in [6.07, 6.45) is 0.372. The lowest BCUT2D eigenvalue weighted by atomic mass is 10.1. The van der Waals surface area contributed by atoms with E-state index in [2.05, 4.69) is 0 Å². The minimum atomic E-state index is -3.19. The highest BCUT2D eigenvalue weighted by molar-refractivity contribution is 7.91. The molecule has 4 rings (SSSR count). The Balaban J connectivity index is 1.73. The fraction of sp³-hybridized carbons (Fsp3) is 0.304. The highest BCUT2D eigenvalue weighted by Crippen LogP contribution is 2.23. The van der Waals surface area contributed by atoms with E-state index in [-0.39, 0.29) is 29.2 Å². The van der Waals surface area contributed by atoms with E-state index in [9.17, 15) is 18.0 Å². The Hall–Kier alpha value is -2.93. The van der Waals surface area contributed by atoms with Gasteiger partial charge in [-0.25, -0.2) is 8.42 Å². The molecule has 7 heteroatoms. The number of hydrogen-bond donors (Lipinski definition) is 0. The molecule has 0 saturated carbocycles. The van der Waals surface area contributed by atoms with Crippen LogP contribution in [-0.4, -0.2) is 36.8 Å². The Kier molecular flexibility index (Phi) is 5.24. The van der Waals surface area contributed by atoms with Crippen molar-refractivity contribution in [2.24, 2.45) is 0 Å². The number of nitrogens with zero attached hydrogens (tertiary/aromatic N) is 1. The van der Waals surface area contributed by atoms with Crippen molar-refractivity contribution in [2.75, 3.05) is 11.5 Å². The highest BCUT2D eigenvalue weighted by Gasteiger charge is 2.36. The first-order valence-electron chi connectivity index (χ1n) is 9.83. The first-order valence-corrected chi connectivity index (χ1v) is 11.7. The number of carbonyl (C=O) groups is 1. The molecule has 1 aromatic heterocycles. The summed E-state index contributed by atoms with van der Waals surface area (Å²) in [7, 11) is -3.19. The molecule has 1 saturated heterocycles.